The van der Waals surface area contributed by atoms with E-state index in [1.807, 2.05) is 36.4 Å². The van der Waals surface area contributed by atoms with Crippen LogP contribution >= 0.6 is 11.8 Å². The third-order valence-electron chi connectivity index (χ3n) is 4.06. The number of benzene rings is 1. The first kappa shape index (κ1) is 21.4. The fraction of sp³-hybridized carbons (Fsp3) is 0.409. The Labute approximate surface area is 167 Å². The molecule has 3 nitrogen and oxygen atoms in total. The van der Waals surface area contributed by atoms with Crippen molar-refractivity contribution in [3.05, 3.63) is 47.5 Å². The Morgan fingerprint density at radius 3 is 2.63 bits per heavy atom. The lowest BCUT2D eigenvalue weighted by atomic mass is 9.91. The van der Waals surface area contributed by atoms with Crippen molar-refractivity contribution in [2.45, 2.75) is 43.3 Å². The number of hydrogen-bond acceptors (Lipinski definition) is 4. The Bertz CT molecular complexity index is 818. The molecule has 1 aromatic carbocycles. The van der Waals surface area contributed by atoms with E-state index in [-0.39, 0.29) is 11.7 Å². The van der Waals surface area contributed by atoms with E-state index < -0.39 is 18.9 Å². The Balaban J connectivity index is 2.30. The van der Waals surface area contributed by atoms with Gasteiger partial charge < -0.3 is 9.84 Å². The SMILES string of the molecule is COC(=O)CS[C@H](C#C[Si](C)(C)C)[C@@]1(O)CCC=C1C#Cc1ccccc1. The van der Waals surface area contributed by atoms with E-state index in [2.05, 4.69) is 42.9 Å². The summed E-state index contributed by atoms with van der Waals surface area (Å²) in [5, 5.41) is 11.0. The van der Waals surface area contributed by atoms with Gasteiger partial charge in [0.1, 0.15) is 13.7 Å². The number of ether oxygens (including phenoxy) is 1. The summed E-state index contributed by atoms with van der Waals surface area (Å²) in [6, 6.07) is 9.70. The molecule has 0 fully saturated rings. The van der Waals surface area contributed by atoms with Crippen LogP contribution in [0.3, 0.4) is 0 Å². The van der Waals surface area contributed by atoms with Gasteiger partial charge in [-0.3, -0.25) is 4.79 Å². The smallest absolute Gasteiger partial charge is 0.315 e. The lowest BCUT2D eigenvalue weighted by Crippen LogP contribution is -2.40. The summed E-state index contributed by atoms with van der Waals surface area (Å²) in [6.07, 6.45) is 3.29. The van der Waals surface area contributed by atoms with E-state index >= 15 is 0 Å². The largest absolute Gasteiger partial charge is 0.468 e. The van der Waals surface area contributed by atoms with Crippen LogP contribution in [0.15, 0.2) is 42.0 Å². The fourth-order valence-corrected chi connectivity index (χ4v) is 4.40. The van der Waals surface area contributed by atoms with E-state index in [1.165, 1.54) is 18.9 Å². The van der Waals surface area contributed by atoms with Crippen LogP contribution < -0.4 is 0 Å². The van der Waals surface area contributed by atoms with E-state index in [9.17, 15) is 9.90 Å². The molecule has 0 saturated heterocycles. The standard InChI is InChI=1S/C22H26O3SSi/c1-25-21(23)17-26-20(14-16-27(2,3)4)22(24)15-8-11-19(22)13-12-18-9-6-5-7-10-18/h5-7,9-11,20,24H,8,15,17H2,1-4H3/t20-,22-/m1/s1. The minimum atomic E-state index is -1.62. The molecule has 0 unspecified atom stereocenters. The highest BCUT2D eigenvalue weighted by atomic mass is 32.2. The van der Waals surface area contributed by atoms with Crippen LogP contribution in [0.5, 0.6) is 0 Å². The molecule has 1 aliphatic carbocycles. The maximum Gasteiger partial charge on any atom is 0.315 e. The third-order valence-corrected chi connectivity index (χ3v) is 6.20. The van der Waals surface area contributed by atoms with Crippen molar-refractivity contribution in [3.63, 3.8) is 0 Å². The highest BCUT2D eigenvalue weighted by Gasteiger charge is 2.42. The molecule has 27 heavy (non-hydrogen) atoms. The molecule has 0 radical (unpaired) electrons. The molecule has 1 N–H and O–H groups in total. The fourth-order valence-electron chi connectivity index (χ4n) is 2.63. The second-order valence-corrected chi connectivity index (χ2v) is 13.3. The summed E-state index contributed by atoms with van der Waals surface area (Å²) in [6.45, 7) is 6.48. The molecule has 0 spiro atoms. The van der Waals surface area contributed by atoms with Crippen molar-refractivity contribution in [1.82, 2.24) is 0 Å². The van der Waals surface area contributed by atoms with Crippen LogP contribution in [0.2, 0.25) is 19.6 Å². The van der Waals surface area contributed by atoms with Crippen LogP contribution in [-0.2, 0) is 9.53 Å². The van der Waals surface area contributed by atoms with Gasteiger partial charge >= 0.3 is 5.97 Å². The zero-order valence-electron chi connectivity index (χ0n) is 16.3. The topological polar surface area (TPSA) is 46.5 Å². The van der Waals surface area contributed by atoms with Crippen molar-refractivity contribution in [2.24, 2.45) is 0 Å². The molecule has 0 aromatic heterocycles. The zero-order chi connectivity index (χ0) is 19.9. The number of esters is 1. The van der Waals surface area contributed by atoms with E-state index in [0.717, 1.165) is 12.0 Å². The third kappa shape index (κ3) is 6.32. The molecule has 0 amide bonds. The first-order valence-corrected chi connectivity index (χ1v) is 13.5. The predicted octanol–water partition coefficient (Wildman–Crippen LogP) is 3.65. The van der Waals surface area contributed by atoms with Gasteiger partial charge in [-0.2, -0.15) is 0 Å². The molecule has 142 valence electrons. The number of allylic oxidation sites excluding steroid dienone is 1. The van der Waals surface area contributed by atoms with Crippen LogP contribution in [-0.4, -0.2) is 42.9 Å². The average Bonchev–Trinajstić information content (AvgIpc) is 3.01. The summed E-state index contributed by atoms with van der Waals surface area (Å²) in [5.41, 5.74) is 3.79. The maximum absolute atomic E-state index is 11.6. The Kier molecular flexibility index (Phi) is 7.38. The number of thioether (sulfide) groups is 1. The normalized spacial score (nSPS) is 19.8. The molecule has 1 aliphatic rings. The lowest BCUT2D eigenvalue weighted by Gasteiger charge is -2.30. The second-order valence-electron chi connectivity index (χ2n) is 7.48. The second kappa shape index (κ2) is 9.33. The zero-order valence-corrected chi connectivity index (χ0v) is 18.2. The molecule has 5 heteroatoms. The Morgan fingerprint density at radius 1 is 1.30 bits per heavy atom. The molecule has 0 saturated carbocycles. The van der Waals surface area contributed by atoms with Crippen LogP contribution in [0.4, 0.5) is 0 Å². The van der Waals surface area contributed by atoms with Gasteiger partial charge in [-0.15, -0.1) is 17.3 Å². The van der Waals surface area contributed by atoms with Gasteiger partial charge in [-0.05, 0) is 25.0 Å². The van der Waals surface area contributed by atoms with Gasteiger partial charge in [0.25, 0.3) is 0 Å². The number of carbonyl (C=O) groups is 1. The monoisotopic (exact) mass is 398 g/mol. The van der Waals surface area contributed by atoms with Crippen molar-refractivity contribution in [1.29, 1.82) is 0 Å². The van der Waals surface area contributed by atoms with Crippen molar-refractivity contribution in [3.8, 4) is 23.3 Å². The Morgan fingerprint density at radius 2 is 2.00 bits per heavy atom. The lowest BCUT2D eigenvalue weighted by molar-refractivity contribution is -0.137. The van der Waals surface area contributed by atoms with E-state index in [1.54, 1.807) is 0 Å². The molecule has 2 rings (SSSR count). The predicted molar refractivity (Wildman–Crippen MR) is 115 cm³/mol. The summed E-state index contributed by atoms with van der Waals surface area (Å²) in [4.78, 5) is 11.6. The Hall–Kier alpha value is -1.92. The van der Waals surface area contributed by atoms with Gasteiger partial charge in [0.05, 0.1) is 18.1 Å². The van der Waals surface area contributed by atoms with Crippen molar-refractivity contribution < 1.29 is 14.6 Å². The highest BCUT2D eigenvalue weighted by Crippen LogP contribution is 2.38. The number of rotatable bonds is 4. The van der Waals surface area contributed by atoms with Crippen LogP contribution in [0.25, 0.3) is 0 Å². The summed E-state index contributed by atoms with van der Waals surface area (Å²) >= 11 is 1.33. The van der Waals surface area contributed by atoms with Crippen molar-refractivity contribution >= 4 is 25.8 Å². The summed E-state index contributed by atoms with van der Waals surface area (Å²) in [5.74, 6) is 9.37. The first-order valence-electron chi connectivity index (χ1n) is 8.96. The molecule has 0 heterocycles. The maximum atomic E-state index is 11.6. The molecule has 2 atom stereocenters. The summed E-state index contributed by atoms with van der Waals surface area (Å²) < 4.78 is 4.75. The van der Waals surface area contributed by atoms with Crippen LogP contribution in [0, 0.1) is 23.3 Å². The van der Waals surface area contributed by atoms with Gasteiger partial charge in [-0.25, -0.2) is 0 Å². The van der Waals surface area contributed by atoms with Crippen LogP contribution in [0.1, 0.15) is 18.4 Å². The number of carbonyl (C=O) groups excluding carboxylic acids is 1. The molecular weight excluding hydrogens is 372 g/mol. The number of aliphatic hydroxyl groups is 1. The van der Waals surface area contributed by atoms with Crippen molar-refractivity contribution in [2.75, 3.05) is 12.9 Å². The minimum absolute atomic E-state index is 0.156. The summed E-state index contributed by atoms with van der Waals surface area (Å²) in [7, 11) is -0.251. The molecule has 0 aliphatic heterocycles. The molecule has 0 bridgehead atoms. The highest BCUT2D eigenvalue weighted by molar-refractivity contribution is 8.00. The van der Waals surface area contributed by atoms with Gasteiger partial charge in [0, 0.05) is 11.1 Å². The van der Waals surface area contributed by atoms with Gasteiger partial charge in [-0.1, -0.05) is 61.7 Å². The van der Waals surface area contributed by atoms with Gasteiger partial charge in [0.15, 0.2) is 0 Å². The quantitative estimate of drug-likeness (QED) is 0.478. The number of methoxy groups -OCH3 is 1. The number of hydrogen-bond donors (Lipinski definition) is 1. The molecule has 1 aromatic rings. The average molecular weight is 399 g/mol. The van der Waals surface area contributed by atoms with Gasteiger partial charge in [0.2, 0.25) is 0 Å². The van der Waals surface area contributed by atoms with E-state index in [4.69, 9.17) is 4.74 Å². The first-order chi connectivity index (χ1) is 12.7. The molecular formula is C22H26O3SSi. The van der Waals surface area contributed by atoms with E-state index in [0.29, 0.717) is 12.0 Å². The minimum Gasteiger partial charge on any atom is -0.468 e.